The summed E-state index contributed by atoms with van der Waals surface area (Å²) in [5.41, 5.74) is 0.438. The fraction of sp³-hybridized carbons (Fsp3) is 0.357. The summed E-state index contributed by atoms with van der Waals surface area (Å²) in [4.78, 5) is 57.7. The standard InChI is InChI=1S/C28H27BrF2N8O3/c1-14-5-6-22(29)35-26(14)36-27(42)21-8-28(31,12-30)13-38(21)23(41)11-39-25-15(2)34-20(18-9-32-17(4)33-10-18)7-19(25)24(37-39)16(3)40/h5-7,9-10,21H,8,11-13H2,1-4H3,(H,35,36,42)/t21-,28?/m0/s1. The maximum Gasteiger partial charge on any atom is 0.248 e. The summed E-state index contributed by atoms with van der Waals surface area (Å²) in [6, 6.07) is 3.81. The van der Waals surface area contributed by atoms with E-state index in [1.165, 1.54) is 11.6 Å². The first-order chi connectivity index (χ1) is 19.9. The summed E-state index contributed by atoms with van der Waals surface area (Å²) < 4.78 is 30.8. The van der Waals surface area contributed by atoms with Crippen molar-refractivity contribution < 1.29 is 23.2 Å². The first kappa shape index (κ1) is 29.3. The molecule has 218 valence electrons. The Kier molecular flexibility index (Phi) is 7.84. The van der Waals surface area contributed by atoms with Crippen LogP contribution in [-0.4, -0.2) is 77.1 Å². The number of ketones is 1. The number of nitrogens with zero attached hydrogens (tertiary/aromatic N) is 7. The number of pyridine rings is 2. The van der Waals surface area contributed by atoms with Gasteiger partial charge in [0.2, 0.25) is 11.8 Å². The normalized spacial score (nSPS) is 18.5. The number of likely N-dealkylation sites (tertiary alicyclic amines) is 1. The van der Waals surface area contributed by atoms with Crippen LogP contribution in [0, 0.1) is 20.8 Å². The van der Waals surface area contributed by atoms with Gasteiger partial charge in [-0.15, -0.1) is 0 Å². The quantitative estimate of drug-likeness (QED) is 0.236. The van der Waals surface area contributed by atoms with Gasteiger partial charge in [0.05, 0.1) is 23.4 Å². The van der Waals surface area contributed by atoms with E-state index in [9.17, 15) is 18.8 Å². The Bertz CT molecular complexity index is 1730. The molecule has 2 amide bonds. The molecule has 1 aliphatic rings. The van der Waals surface area contributed by atoms with Crippen LogP contribution in [0.5, 0.6) is 0 Å². The molecule has 2 atom stereocenters. The average molecular weight is 641 g/mol. The lowest BCUT2D eigenvalue weighted by molar-refractivity contribution is -0.137. The summed E-state index contributed by atoms with van der Waals surface area (Å²) in [5.74, 6) is -0.869. The highest BCUT2D eigenvalue weighted by molar-refractivity contribution is 9.10. The van der Waals surface area contributed by atoms with Gasteiger partial charge in [-0.05, 0) is 54.4 Å². The topological polar surface area (TPSA) is 136 Å². The highest BCUT2D eigenvalue weighted by Crippen LogP contribution is 2.33. The molecule has 1 unspecified atom stereocenters. The molecule has 5 heterocycles. The summed E-state index contributed by atoms with van der Waals surface area (Å²) in [6.07, 6.45) is 2.72. The van der Waals surface area contributed by atoms with Gasteiger partial charge in [0.15, 0.2) is 11.5 Å². The predicted molar refractivity (Wildman–Crippen MR) is 153 cm³/mol. The Morgan fingerprint density at radius 3 is 2.52 bits per heavy atom. The van der Waals surface area contributed by atoms with Crippen molar-refractivity contribution in [3.63, 3.8) is 0 Å². The highest BCUT2D eigenvalue weighted by Gasteiger charge is 2.49. The van der Waals surface area contributed by atoms with Crippen molar-refractivity contribution >= 4 is 50.2 Å². The van der Waals surface area contributed by atoms with Crippen molar-refractivity contribution in [2.45, 2.75) is 52.4 Å². The minimum absolute atomic E-state index is 0.119. The molecule has 14 heteroatoms. The summed E-state index contributed by atoms with van der Waals surface area (Å²) in [5, 5.41) is 7.49. The molecule has 4 aromatic heterocycles. The molecule has 0 radical (unpaired) electrons. The number of halogens is 3. The van der Waals surface area contributed by atoms with Gasteiger partial charge >= 0.3 is 0 Å². The lowest BCUT2D eigenvalue weighted by atomic mass is 10.0. The number of Topliss-reactive ketones (excluding diaryl/α,β-unsaturated/α-hetero) is 1. The Morgan fingerprint density at radius 2 is 1.86 bits per heavy atom. The van der Waals surface area contributed by atoms with Gasteiger partial charge < -0.3 is 10.2 Å². The number of carbonyl (C=O) groups excluding carboxylic acids is 3. The van der Waals surface area contributed by atoms with E-state index in [1.54, 1.807) is 51.4 Å². The Morgan fingerprint density at radius 1 is 1.14 bits per heavy atom. The number of fused-ring (bicyclic) bond motifs is 1. The van der Waals surface area contributed by atoms with Gasteiger partial charge in [-0.1, -0.05) is 6.07 Å². The predicted octanol–water partition coefficient (Wildman–Crippen LogP) is 4.09. The van der Waals surface area contributed by atoms with E-state index in [4.69, 9.17) is 0 Å². The molecular formula is C28H27BrF2N8O3. The zero-order valence-corrected chi connectivity index (χ0v) is 24.9. The van der Waals surface area contributed by atoms with Crippen LogP contribution in [0.2, 0.25) is 0 Å². The summed E-state index contributed by atoms with van der Waals surface area (Å²) in [7, 11) is 0. The number of hydrogen-bond acceptors (Lipinski definition) is 8. The molecule has 0 aliphatic carbocycles. The van der Waals surface area contributed by atoms with Crippen molar-refractivity contribution in [2.24, 2.45) is 0 Å². The molecule has 11 nitrogen and oxygen atoms in total. The van der Waals surface area contributed by atoms with Crippen molar-refractivity contribution in [1.29, 1.82) is 0 Å². The second-order valence-corrected chi connectivity index (χ2v) is 11.2. The van der Waals surface area contributed by atoms with E-state index in [0.29, 0.717) is 43.8 Å². The zero-order chi connectivity index (χ0) is 30.3. The van der Waals surface area contributed by atoms with Gasteiger partial charge in [0.25, 0.3) is 0 Å². The third-order valence-corrected chi connectivity index (χ3v) is 7.59. The van der Waals surface area contributed by atoms with Gasteiger partial charge in [-0.2, -0.15) is 5.10 Å². The van der Waals surface area contributed by atoms with E-state index in [-0.39, 0.29) is 17.3 Å². The molecule has 4 aromatic rings. The third kappa shape index (κ3) is 5.62. The van der Waals surface area contributed by atoms with Gasteiger partial charge in [-0.3, -0.25) is 24.0 Å². The lowest BCUT2D eigenvalue weighted by Gasteiger charge is -2.24. The largest absolute Gasteiger partial charge is 0.326 e. The van der Waals surface area contributed by atoms with Gasteiger partial charge in [0.1, 0.15) is 41.2 Å². The second kappa shape index (κ2) is 11.2. The number of aromatic nitrogens is 6. The molecule has 42 heavy (non-hydrogen) atoms. The number of anilines is 1. The minimum atomic E-state index is -2.39. The molecule has 1 fully saturated rings. The fourth-order valence-corrected chi connectivity index (χ4v) is 5.33. The van der Waals surface area contributed by atoms with Crippen LogP contribution in [0.4, 0.5) is 14.6 Å². The van der Waals surface area contributed by atoms with Crippen molar-refractivity contribution in [3.05, 3.63) is 58.0 Å². The molecule has 1 N–H and O–H groups in total. The number of hydrogen-bond donors (Lipinski definition) is 1. The number of amides is 2. The average Bonchev–Trinajstić information content (AvgIpc) is 3.50. The Labute approximate surface area is 247 Å². The van der Waals surface area contributed by atoms with Crippen LogP contribution in [0.1, 0.15) is 40.9 Å². The van der Waals surface area contributed by atoms with Crippen LogP contribution < -0.4 is 5.32 Å². The molecule has 0 spiro atoms. The molecule has 1 saturated heterocycles. The SMILES string of the molecule is CC(=O)c1nn(CC(=O)N2CC(F)(CF)C[C@H]2C(=O)Nc2nc(Br)ccc2C)c2c(C)nc(-c3cnc(C)nc3)cc12. The Balaban J connectivity index is 1.48. The van der Waals surface area contributed by atoms with Crippen LogP contribution in [0.3, 0.4) is 0 Å². The molecular weight excluding hydrogens is 614 g/mol. The van der Waals surface area contributed by atoms with Crippen LogP contribution in [-0.2, 0) is 16.1 Å². The van der Waals surface area contributed by atoms with Crippen LogP contribution in [0.15, 0.2) is 35.2 Å². The third-order valence-electron chi connectivity index (χ3n) is 7.15. The van der Waals surface area contributed by atoms with Crippen molar-refractivity contribution in [2.75, 3.05) is 18.5 Å². The number of nitrogens with one attached hydrogen (secondary N) is 1. The maximum absolute atomic E-state index is 15.3. The van der Waals surface area contributed by atoms with Gasteiger partial charge in [-0.25, -0.2) is 23.7 Å². The van der Waals surface area contributed by atoms with Gasteiger partial charge in [0, 0.05) is 36.7 Å². The van der Waals surface area contributed by atoms with E-state index in [2.05, 4.69) is 46.3 Å². The Hall–Kier alpha value is -4.20. The fourth-order valence-electron chi connectivity index (χ4n) is 5.02. The van der Waals surface area contributed by atoms with E-state index in [0.717, 1.165) is 4.90 Å². The second-order valence-electron chi connectivity index (χ2n) is 10.4. The minimum Gasteiger partial charge on any atom is -0.326 e. The van der Waals surface area contributed by atoms with Crippen LogP contribution >= 0.6 is 15.9 Å². The summed E-state index contributed by atoms with van der Waals surface area (Å²) in [6.45, 7) is 4.16. The highest BCUT2D eigenvalue weighted by atomic mass is 79.9. The number of rotatable bonds is 7. The number of aryl methyl sites for hydroxylation is 3. The van der Waals surface area contributed by atoms with Crippen LogP contribution in [0.25, 0.3) is 22.2 Å². The molecule has 0 bridgehead atoms. The first-order valence-electron chi connectivity index (χ1n) is 13.1. The number of alkyl halides is 2. The zero-order valence-electron chi connectivity index (χ0n) is 23.3. The molecule has 0 aromatic carbocycles. The van der Waals surface area contributed by atoms with E-state index >= 15 is 4.39 Å². The molecule has 1 aliphatic heterocycles. The lowest BCUT2D eigenvalue weighted by Crippen LogP contribution is -2.45. The van der Waals surface area contributed by atoms with E-state index < -0.39 is 49.7 Å². The summed E-state index contributed by atoms with van der Waals surface area (Å²) >= 11 is 3.25. The molecule has 0 saturated carbocycles. The molecule has 5 rings (SSSR count). The maximum atomic E-state index is 15.3. The monoisotopic (exact) mass is 640 g/mol. The van der Waals surface area contributed by atoms with Crippen molar-refractivity contribution in [3.8, 4) is 11.3 Å². The first-order valence-corrected chi connectivity index (χ1v) is 13.8. The van der Waals surface area contributed by atoms with Crippen molar-refractivity contribution in [1.82, 2.24) is 34.6 Å². The number of carbonyl (C=O) groups is 3. The van der Waals surface area contributed by atoms with E-state index in [1.807, 2.05) is 0 Å². The smallest absolute Gasteiger partial charge is 0.248 e.